The van der Waals surface area contributed by atoms with Gasteiger partial charge in [0.1, 0.15) is 11.6 Å². The molecule has 0 aliphatic heterocycles. The van der Waals surface area contributed by atoms with Crippen molar-refractivity contribution in [2.45, 2.75) is 38.2 Å². The number of aromatic nitrogens is 2. The van der Waals surface area contributed by atoms with Crippen molar-refractivity contribution >= 4 is 28.3 Å². The Morgan fingerprint density at radius 1 is 1.17 bits per heavy atom. The van der Waals surface area contributed by atoms with Gasteiger partial charge < -0.3 is 10.1 Å². The summed E-state index contributed by atoms with van der Waals surface area (Å²) in [4.78, 5) is 23.5. The molecule has 1 aliphatic rings. The van der Waals surface area contributed by atoms with E-state index < -0.39 is 0 Å². The van der Waals surface area contributed by atoms with Gasteiger partial charge in [0, 0.05) is 12.3 Å². The van der Waals surface area contributed by atoms with Crippen molar-refractivity contribution in [3.05, 3.63) is 40.9 Å². The van der Waals surface area contributed by atoms with Crippen molar-refractivity contribution in [2.24, 2.45) is 0 Å². The zero-order valence-corrected chi connectivity index (χ0v) is 13.3. The minimum Gasteiger partial charge on any atom is -0.461 e. The zero-order chi connectivity index (χ0) is 16.1. The van der Waals surface area contributed by atoms with Crippen LogP contribution in [0.5, 0.6) is 0 Å². The van der Waals surface area contributed by atoms with E-state index in [1.54, 1.807) is 0 Å². The molecule has 23 heavy (non-hydrogen) atoms. The third-order valence-electron chi connectivity index (χ3n) is 3.41. The number of carbonyl (C=O) groups excluding carboxylic acids is 2. The van der Waals surface area contributed by atoms with Gasteiger partial charge in [-0.3, -0.25) is 9.59 Å². The van der Waals surface area contributed by atoms with Crippen molar-refractivity contribution in [1.82, 2.24) is 10.2 Å². The average molecular weight is 331 g/mol. The van der Waals surface area contributed by atoms with E-state index >= 15 is 0 Å². The highest BCUT2D eigenvalue weighted by Crippen LogP contribution is 2.42. The third kappa shape index (κ3) is 4.85. The lowest BCUT2D eigenvalue weighted by Gasteiger charge is -2.04. The molecule has 2 aromatic rings. The summed E-state index contributed by atoms with van der Waals surface area (Å²) in [6.45, 7) is 0.225. The fourth-order valence-electron chi connectivity index (χ4n) is 1.99. The van der Waals surface area contributed by atoms with Crippen LogP contribution in [0.2, 0.25) is 0 Å². The molecule has 0 bridgehead atoms. The second-order valence-corrected chi connectivity index (χ2v) is 6.42. The molecule has 1 fully saturated rings. The lowest BCUT2D eigenvalue weighted by Crippen LogP contribution is -2.14. The molecule has 0 unspecified atom stereocenters. The van der Waals surface area contributed by atoms with Crippen molar-refractivity contribution in [2.75, 3.05) is 5.32 Å². The second kappa shape index (κ2) is 7.32. The molecule has 3 rings (SSSR count). The molecule has 1 amide bonds. The van der Waals surface area contributed by atoms with Crippen LogP contribution >= 0.6 is 11.3 Å². The van der Waals surface area contributed by atoms with E-state index in [9.17, 15) is 9.59 Å². The van der Waals surface area contributed by atoms with Crippen LogP contribution in [0, 0.1) is 0 Å². The molecular weight excluding hydrogens is 314 g/mol. The molecule has 1 N–H and O–H groups in total. The van der Waals surface area contributed by atoms with Crippen molar-refractivity contribution < 1.29 is 14.3 Å². The number of esters is 1. The van der Waals surface area contributed by atoms with Gasteiger partial charge in [-0.2, -0.15) is 0 Å². The Bertz CT molecular complexity index is 683. The van der Waals surface area contributed by atoms with Crippen LogP contribution in [0.1, 0.15) is 42.2 Å². The van der Waals surface area contributed by atoms with Gasteiger partial charge in [-0.25, -0.2) is 0 Å². The maximum Gasteiger partial charge on any atom is 0.306 e. The summed E-state index contributed by atoms with van der Waals surface area (Å²) in [6.07, 6.45) is 2.42. The first-order valence-electron chi connectivity index (χ1n) is 7.53. The number of ether oxygens (including phenoxy) is 1. The van der Waals surface area contributed by atoms with E-state index in [1.807, 2.05) is 30.3 Å². The van der Waals surface area contributed by atoms with Gasteiger partial charge in [-0.05, 0) is 18.4 Å². The molecule has 0 atom stereocenters. The topological polar surface area (TPSA) is 81.2 Å². The number of nitrogens with zero attached hydrogens (tertiary/aromatic N) is 2. The van der Waals surface area contributed by atoms with E-state index in [4.69, 9.17) is 4.74 Å². The van der Waals surface area contributed by atoms with Gasteiger partial charge in [-0.15, -0.1) is 10.2 Å². The van der Waals surface area contributed by atoms with Crippen LogP contribution in [-0.4, -0.2) is 22.1 Å². The lowest BCUT2D eigenvalue weighted by molar-refractivity contribution is -0.145. The smallest absolute Gasteiger partial charge is 0.306 e. The van der Waals surface area contributed by atoms with Gasteiger partial charge in [-0.1, -0.05) is 41.7 Å². The molecular formula is C16H17N3O3S. The van der Waals surface area contributed by atoms with Crippen LogP contribution in [0.25, 0.3) is 0 Å². The van der Waals surface area contributed by atoms with Gasteiger partial charge in [0.25, 0.3) is 0 Å². The molecule has 7 heteroatoms. The van der Waals surface area contributed by atoms with E-state index in [-0.39, 0.29) is 31.3 Å². The van der Waals surface area contributed by atoms with Crippen LogP contribution in [0.3, 0.4) is 0 Å². The van der Waals surface area contributed by atoms with E-state index in [0.29, 0.717) is 11.0 Å². The first kappa shape index (κ1) is 15.6. The number of amides is 1. The number of rotatable bonds is 7. The Kier molecular flexibility index (Phi) is 4.97. The normalized spacial score (nSPS) is 13.6. The van der Waals surface area contributed by atoms with E-state index in [0.717, 1.165) is 23.4 Å². The Hall–Kier alpha value is -2.28. The van der Waals surface area contributed by atoms with Gasteiger partial charge in [0.15, 0.2) is 0 Å². The number of nitrogens with one attached hydrogen (secondary N) is 1. The Labute approximate surface area is 137 Å². The molecule has 1 aromatic heterocycles. The maximum atomic E-state index is 11.8. The van der Waals surface area contributed by atoms with Crippen molar-refractivity contribution in [3.8, 4) is 0 Å². The highest BCUT2D eigenvalue weighted by molar-refractivity contribution is 7.15. The molecule has 0 saturated heterocycles. The highest BCUT2D eigenvalue weighted by Gasteiger charge is 2.27. The molecule has 1 saturated carbocycles. The Morgan fingerprint density at radius 3 is 2.70 bits per heavy atom. The number of carbonyl (C=O) groups is 2. The molecule has 1 aliphatic carbocycles. The number of anilines is 1. The van der Waals surface area contributed by atoms with Gasteiger partial charge >= 0.3 is 5.97 Å². The van der Waals surface area contributed by atoms with Crippen LogP contribution in [0.4, 0.5) is 5.13 Å². The highest BCUT2D eigenvalue weighted by atomic mass is 32.1. The quantitative estimate of drug-likeness (QED) is 0.789. The van der Waals surface area contributed by atoms with Crippen LogP contribution < -0.4 is 5.32 Å². The maximum absolute atomic E-state index is 11.8. The minimum atomic E-state index is -0.389. The SMILES string of the molecule is O=C(CCC(=O)OCc1ccccc1)Nc1nnc(C2CC2)s1. The number of hydrogen-bond acceptors (Lipinski definition) is 6. The van der Waals surface area contributed by atoms with E-state index in [2.05, 4.69) is 15.5 Å². The predicted octanol–water partition coefficient (Wildman–Crippen LogP) is 2.88. The summed E-state index contributed by atoms with van der Waals surface area (Å²) < 4.78 is 5.13. The summed E-state index contributed by atoms with van der Waals surface area (Å²) >= 11 is 1.40. The molecule has 0 radical (unpaired) electrons. The second-order valence-electron chi connectivity index (χ2n) is 5.41. The summed E-state index contributed by atoms with van der Waals surface area (Å²) in [5.41, 5.74) is 0.923. The zero-order valence-electron chi connectivity index (χ0n) is 12.5. The number of hydrogen-bond donors (Lipinski definition) is 1. The van der Waals surface area contributed by atoms with Gasteiger partial charge in [0.2, 0.25) is 11.0 Å². The summed E-state index contributed by atoms with van der Waals surface area (Å²) in [5.74, 6) is -0.119. The van der Waals surface area contributed by atoms with E-state index in [1.165, 1.54) is 11.3 Å². The van der Waals surface area contributed by atoms with Gasteiger partial charge in [0.05, 0.1) is 6.42 Å². The Balaban J connectivity index is 1.37. The minimum absolute atomic E-state index is 0.0486. The number of benzene rings is 1. The van der Waals surface area contributed by atoms with Crippen molar-refractivity contribution in [3.63, 3.8) is 0 Å². The lowest BCUT2D eigenvalue weighted by atomic mass is 10.2. The largest absolute Gasteiger partial charge is 0.461 e. The summed E-state index contributed by atoms with van der Waals surface area (Å²) in [5, 5.41) is 12.1. The first-order valence-corrected chi connectivity index (χ1v) is 8.35. The van der Waals surface area contributed by atoms with Crippen LogP contribution in [-0.2, 0) is 20.9 Å². The monoisotopic (exact) mass is 331 g/mol. The first-order chi connectivity index (χ1) is 11.2. The fraction of sp³-hybridized carbons (Fsp3) is 0.375. The molecule has 0 spiro atoms. The summed E-state index contributed by atoms with van der Waals surface area (Å²) in [7, 11) is 0. The van der Waals surface area contributed by atoms with Crippen molar-refractivity contribution in [1.29, 1.82) is 0 Å². The third-order valence-corrected chi connectivity index (χ3v) is 4.41. The molecule has 6 nitrogen and oxygen atoms in total. The summed E-state index contributed by atoms with van der Waals surface area (Å²) in [6, 6.07) is 9.43. The molecule has 120 valence electrons. The molecule has 1 aromatic carbocycles. The van der Waals surface area contributed by atoms with Crippen LogP contribution in [0.15, 0.2) is 30.3 Å². The average Bonchev–Trinajstić information content (AvgIpc) is 3.32. The predicted molar refractivity (Wildman–Crippen MR) is 86.0 cm³/mol. The fourth-order valence-corrected chi connectivity index (χ4v) is 2.92. The standard InChI is InChI=1S/C16H17N3O3S/c20-13(17-16-19-18-15(23-16)12-6-7-12)8-9-14(21)22-10-11-4-2-1-3-5-11/h1-5,12H,6-10H2,(H,17,19,20). The molecule has 1 heterocycles. The Morgan fingerprint density at radius 2 is 1.96 bits per heavy atom.